The summed E-state index contributed by atoms with van der Waals surface area (Å²) in [6, 6.07) is 12.4. The second-order valence-corrected chi connectivity index (χ2v) is 8.68. The van der Waals surface area contributed by atoms with Crippen LogP contribution in [-0.2, 0) is 9.59 Å². The second-order valence-electron chi connectivity index (χ2n) is 7.04. The van der Waals surface area contributed by atoms with Crippen LogP contribution in [0.4, 0.5) is 11.4 Å². The number of rotatable bonds is 7. The summed E-state index contributed by atoms with van der Waals surface area (Å²) in [6.45, 7) is 3.37. The average molecular weight is 448 g/mol. The van der Waals surface area contributed by atoms with E-state index in [-0.39, 0.29) is 18.2 Å². The summed E-state index contributed by atoms with van der Waals surface area (Å²) in [5, 5.41) is 6.34. The number of halogens is 1. The lowest BCUT2D eigenvalue weighted by Gasteiger charge is -2.29. The molecule has 1 saturated heterocycles. The summed E-state index contributed by atoms with van der Waals surface area (Å²) in [5.41, 5.74) is 2.46. The summed E-state index contributed by atoms with van der Waals surface area (Å²) in [6.07, 6.45) is 0.106. The molecule has 2 aromatic rings. The van der Waals surface area contributed by atoms with Crippen molar-refractivity contribution in [2.75, 3.05) is 41.9 Å². The van der Waals surface area contributed by atoms with Gasteiger partial charge in [-0.3, -0.25) is 9.59 Å². The van der Waals surface area contributed by atoms with E-state index in [1.165, 1.54) is 6.92 Å². The molecular weight excluding hydrogens is 422 g/mol. The monoisotopic (exact) mass is 447 g/mol. The molecule has 2 aromatic carbocycles. The fourth-order valence-electron chi connectivity index (χ4n) is 3.38. The smallest absolute Gasteiger partial charge is 0.226 e. The van der Waals surface area contributed by atoms with E-state index in [0.29, 0.717) is 16.5 Å². The molecule has 30 heavy (non-hydrogen) atoms. The van der Waals surface area contributed by atoms with Crippen molar-refractivity contribution < 1.29 is 14.3 Å². The highest BCUT2D eigenvalue weighted by Gasteiger charge is 2.19. The number of hydrogen-bond donors (Lipinski definition) is 2. The number of carbonyl (C=O) groups is 2. The third-order valence-corrected chi connectivity index (χ3v) is 6.11. The van der Waals surface area contributed by atoms with Gasteiger partial charge in [0.15, 0.2) is 0 Å². The fourth-order valence-corrected chi connectivity index (χ4v) is 4.58. The van der Waals surface area contributed by atoms with Gasteiger partial charge in [-0.25, -0.2) is 0 Å². The minimum absolute atomic E-state index is 0.106. The van der Waals surface area contributed by atoms with Gasteiger partial charge in [0.1, 0.15) is 5.75 Å². The van der Waals surface area contributed by atoms with Gasteiger partial charge in [-0.05, 0) is 35.9 Å². The van der Waals surface area contributed by atoms with Crippen molar-refractivity contribution in [3.63, 3.8) is 0 Å². The van der Waals surface area contributed by atoms with Crippen molar-refractivity contribution in [1.82, 2.24) is 5.32 Å². The van der Waals surface area contributed by atoms with Crippen LogP contribution in [0.15, 0.2) is 42.5 Å². The van der Waals surface area contributed by atoms with Gasteiger partial charge in [-0.1, -0.05) is 23.7 Å². The first-order valence-corrected chi connectivity index (χ1v) is 11.3. The quantitative estimate of drug-likeness (QED) is 0.668. The average Bonchev–Trinajstić information content (AvgIpc) is 2.74. The van der Waals surface area contributed by atoms with E-state index in [9.17, 15) is 9.59 Å². The Morgan fingerprint density at radius 3 is 2.47 bits per heavy atom. The summed E-state index contributed by atoms with van der Waals surface area (Å²) in [4.78, 5) is 26.6. The molecule has 2 amide bonds. The number of hydrogen-bond acceptors (Lipinski definition) is 5. The lowest BCUT2D eigenvalue weighted by molar-refractivity contribution is -0.120. The Morgan fingerprint density at radius 2 is 1.87 bits per heavy atom. The number of thioether (sulfide) groups is 1. The predicted molar refractivity (Wildman–Crippen MR) is 124 cm³/mol. The number of carbonyl (C=O) groups excluding carboxylic acids is 2. The zero-order valence-electron chi connectivity index (χ0n) is 17.1. The predicted octanol–water partition coefficient (Wildman–Crippen LogP) is 4.11. The number of ether oxygens (including phenoxy) is 1. The van der Waals surface area contributed by atoms with Crippen LogP contribution in [0.1, 0.15) is 24.9 Å². The normalized spacial score (nSPS) is 14.7. The van der Waals surface area contributed by atoms with Gasteiger partial charge >= 0.3 is 0 Å². The highest BCUT2D eigenvalue weighted by molar-refractivity contribution is 7.99. The van der Waals surface area contributed by atoms with Crippen molar-refractivity contribution in [1.29, 1.82) is 0 Å². The molecule has 0 bridgehead atoms. The maximum atomic E-state index is 12.7. The molecule has 1 aliphatic rings. The van der Waals surface area contributed by atoms with Crippen LogP contribution in [0.5, 0.6) is 5.75 Å². The Labute approximate surface area is 186 Å². The van der Waals surface area contributed by atoms with Crippen LogP contribution in [-0.4, -0.2) is 43.5 Å². The van der Waals surface area contributed by atoms with Crippen LogP contribution in [0, 0.1) is 0 Å². The standard InChI is InChI=1S/C22H26ClN3O3S/c1-15(27)24-20(16-3-6-18(29-2)7-4-16)14-22(28)25-17-5-8-21(19(23)13-17)26-9-11-30-12-10-26/h3-8,13,20H,9-12,14H2,1-2H3,(H,24,27)(H,25,28). The van der Waals surface area contributed by atoms with E-state index in [1.807, 2.05) is 36.0 Å². The molecule has 0 saturated carbocycles. The molecular formula is C22H26ClN3O3S. The molecule has 1 aliphatic heterocycles. The number of benzene rings is 2. The van der Waals surface area contributed by atoms with Crippen LogP contribution in [0.3, 0.4) is 0 Å². The molecule has 6 nitrogen and oxygen atoms in total. The summed E-state index contributed by atoms with van der Waals surface area (Å²) in [7, 11) is 1.59. The first kappa shape index (κ1) is 22.3. The highest BCUT2D eigenvalue weighted by Crippen LogP contribution is 2.31. The van der Waals surface area contributed by atoms with Crippen molar-refractivity contribution >= 4 is 46.6 Å². The molecule has 1 heterocycles. The Kier molecular flexibility index (Phi) is 7.87. The Hall–Kier alpha value is -2.38. The van der Waals surface area contributed by atoms with Gasteiger partial charge in [0.05, 0.1) is 30.3 Å². The number of anilines is 2. The van der Waals surface area contributed by atoms with E-state index in [4.69, 9.17) is 16.3 Å². The Bertz CT molecular complexity index is 886. The van der Waals surface area contributed by atoms with Crippen molar-refractivity contribution in [3.05, 3.63) is 53.1 Å². The molecule has 0 aromatic heterocycles. The van der Waals surface area contributed by atoms with E-state index >= 15 is 0 Å². The number of amides is 2. The molecule has 1 atom stereocenters. The molecule has 8 heteroatoms. The van der Waals surface area contributed by atoms with Crippen molar-refractivity contribution in [2.24, 2.45) is 0 Å². The van der Waals surface area contributed by atoms with Gasteiger partial charge in [0.2, 0.25) is 11.8 Å². The van der Waals surface area contributed by atoms with E-state index in [2.05, 4.69) is 15.5 Å². The SMILES string of the molecule is COc1ccc(C(CC(=O)Nc2ccc(N3CCSCC3)c(Cl)c2)NC(C)=O)cc1. The zero-order valence-corrected chi connectivity index (χ0v) is 18.7. The third-order valence-electron chi connectivity index (χ3n) is 4.87. The lowest BCUT2D eigenvalue weighted by atomic mass is 10.0. The lowest BCUT2D eigenvalue weighted by Crippen LogP contribution is -2.32. The Balaban J connectivity index is 1.67. The minimum Gasteiger partial charge on any atom is -0.497 e. The molecule has 1 fully saturated rings. The second kappa shape index (κ2) is 10.6. The van der Waals surface area contributed by atoms with Gasteiger partial charge in [-0.2, -0.15) is 11.8 Å². The first-order chi connectivity index (χ1) is 14.5. The molecule has 1 unspecified atom stereocenters. The zero-order chi connectivity index (χ0) is 21.5. The summed E-state index contributed by atoms with van der Waals surface area (Å²) < 4.78 is 5.17. The van der Waals surface area contributed by atoms with Crippen LogP contribution in [0.25, 0.3) is 0 Å². The minimum atomic E-state index is -0.436. The van der Waals surface area contributed by atoms with Crippen LogP contribution in [0.2, 0.25) is 5.02 Å². The molecule has 0 radical (unpaired) electrons. The van der Waals surface area contributed by atoms with Crippen molar-refractivity contribution in [2.45, 2.75) is 19.4 Å². The van der Waals surface area contributed by atoms with Gasteiger partial charge < -0.3 is 20.3 Å². The largest absolute Gasteiger partial charge is 0.497 e. The summed E-state index contributed by atoms with van der Waals surface area (Å²) >= 11 is 8.42. The first-order valence-electron chi connectivity index (χ1n) is 9.79. The van der Waals surface area contributed by atoms with Crippen LogP contribution < -0.4 is 20.3 Å². The molecule has 2 N–H and O–H groups in total. The maximum Gasteiger partial charge on any atom is 0.226 e. The summed E-state index contributed by atoms with van der Waals surface area (Å²) in [5.74, 6) is 2.49. The number of nitrogens with one attached hydrogen (secondary N) is 2. The number of nitrogens with zero attached hydrogens (tertiary/aromatic N) is 1. The maximum absolute atomic E-state index is 12.7. The Morgan fingerprint density at radius 1 is 1.17 bits per heavy atom. The fraction of sp³-hybridized carbons (Fsp3) is 0.364. The third kappa shape index (κ3) is 6.06. The van der Waals surface area contributed by atoms with E-state index in [1.54, 1.807) is 25.3 Å². The number of methoxy groups -OCH3 is 1. The van der Waals surface area contributed by atoms with Gasteiger partial charge in [0.25, 0.3) is 0 Å². The molecule has 0 aliphatic carbocycles. The molecule has 0 spiro atoms. The topological polar surface area (TPSA) is 70.7 Å². The van der Waals surface area contributed by atoms with E-state index in [0.717, 1.165) is 35.8 Å². The highest BCUT2D eigenvalue weighted by atomic mass is 35.5. The van der Waals surface area contributed by atoms with Gasteiger partial charge in [-0.15, -0.1) is 0 Å². The molecule has 3 rings (SSSR count). The van der Waals surface area contributed by atoms with Crippen LogP contribution >= 0.6 is 23.4 Å². The molecule has 160 valence electrons. The van der Waals surface area contributed by atoms with Crippen molar-refractivity contribution in [3.8, 4) is 5.75 Å². The van der Waals surface area contributed by atoms with Gasteiger partial charge in [0, 0.05) is 37.2 Å². The van der Waals surface area contributed by atoms with E-state index < -0.39 is 6.04 Å².